The Morgan fingerprint density at radius 3 is 2.56 bits per heavy atom. The second-order valence-corrected chi connectivity index (χ2v) is 2.40. The van der Waals surface area contributed by atoms with Gasteiger partial charge in [-0.15, -0.1) is 12.6 Å². The molecule has 0 bridgehead atoms. The van der Waals surface area contributed by atoms with E-state index in [0.29, 0.717) is 4.91 Å². The van der Waals surface area contributed by atoms with Crippen LogP contribution in [0.3, 0.4) is 0 Å². The van der Waals surface area contributed by atoms with Crippen molar-refractivity contribution < 1.29 is 5.11 Å². The van der Waals surface area contributed by atoms with E-state index in [9.17, 15) is 0 Å². The van der Waals surface area contributed by atoms with E-state index in [1.807, 2.05) is 26.0 Å². The van der Waals surface area contributed by atoms with E-state index >= 15 is 0 Å². The van der Waals surface area contributed by atoms with Gasteiger partial charge < -0.3 is 5.11 Å². The Morgan fingerprint density at radius 2 is 2.22 bits per heavy atom. The third-order valence-electron chi connectivity index (χ3n) is 1.01. The van der Waals surface area contributed by atoms with Gasteiger partial charge in [0.25, 0.3) is 0 Å². The molecule has 0 fully saturated rings. The number of hydrogen-bond donors (Lipinski definition) is 2. The molecule has 0 heterocycles. The summed E-state index contributed by atoms with van der Waals surface area (Å²) < 4.78 is 0. The molecule has 0 spiro atoms. The summed E-state index contributed by atoms with van der Waals surface area (Å²) in [5, 5.41) is 8.51. The van der Waals surface area contributed by atoms with Gasteiger partial charge in [-0.2, -0.15) is 0 Å². The lowest BCUT2D eigenvalue weighted by atomic mass is 10.3. The minimum absolute atomic E-state index is 0.0221. The quantitative estimate of drug-likeness (QED) is 0.447. The van der Waals surface area contributed by atoms with Gasteiger partial charge >= 0.3 is 0 Å². The largest absolute Gasteiger partial charge is 0.391 e. The summed E-state index contributed by atoms with van der Waals surface area (Å²) in [4.78, 5) is 0.700. The van der Waals surface area contributed by atoms with Gasteiger partial charge in [0, 0.05) is 4.91 Å². The van der Waals surface area contributed by atoms with Gasteiger partial charge in [0.15, 0.2) is 0 Å². The van der Waals surface area contributed by atoms with Crippen molar-refractivity contribution >= 4 is 12.6 Å². The first kappa shape index (κ1) is 8.79. The first-order valence-electron chi connectivity index (χ1n) is 2.84. The van der Waals surface area contributed by atoms with E-state index in [-0.39, 0.29) is 6.61 Å². The van der Waals surface area contributed by atoms with Crippen molar-refractivity contribution in [2.45, 2.75) is 13.8 Å². The Kier molecular flexibility index (Phi) is 4.54. The van der Waals surface area contributed by atoms with Crippen molar-refractivity contribution in [2.75, 3.05) is 6.61 Å². The molecule has 0 rings (SSSR count). The Labute approximate surface area is 61.5 Å². The lowest BCUT2D eigenvalue weighted by Crippen LogP contribution is -1.80. The van der Waals surface area contributed by atoms with Crippen LogP contribution < -0.4 is 0 Å². The second-order valence-electron chi connectivity index (χ2n) is 1.83. The van der Waals surface area contributed by atoms with Gasteiger partial charge in [0.05, 0.1) is 6.61 Å². The van der Waals surface area contributed by atoms with Crippen LogP contribution in [0.1, 0.15) is 13.8 Å². The highest BCUT2D eigenvalue weighted by Crippen LogP contribution is 2.03. The number of rotatable bonds is 2. The molecule has 0 aliphatic rings. The van der Waals surface area contributed by atoms with E-state index in [0.717, 1.165) is 5.57 Å². The fourth-order valence-electron chi connectivity index (χ4n) is 0.392. The van der Waals surface area contributed by atoms with Crippen molar-refractivity contribution in [1.29, 1.82) is 0 Å². The monoisotopic (exact) mass is 144 g/mol. The average Bonchev–Trinajstić information content (AvgIpc) is 1.87. The molecule has 2 heteroatoms. The number of aliphatic hydroxyl groups excluding tert-OH is 1. The lowest BCUT2D eigenvalue weighted by molar-refractivity contribution is 0.339. The predicted octanol–water partition coefficient (Wildman–Crippen LogP) is 1.76. The number of allylic oxidation sites excluding steroid dienone is 3. The summed E-state index contributed by atoms with van der Waals surface area (Å²) in [5.41, 5.74) is 1.12. The first-order valence-corrected chi connectivity index (χ1v) is 3.28. The van der Waals surface area contributed by atoms with E-state index < -0.39 is 0 Å². The molecule has 0 aliphatic heterocycles. The Morgan fingerprint density at radius 1 is 1.67 bits per heavy atom. The molecule has 1 N–H and O–H groups in total. The highest BCUT2D eigenvalue weighted by molar-refractivity contribution is 7.84. The van der Waals surface area contributed by atoms with Crippen LogP contribution in [0.15, 0.2) is 22.6 Å². The summed E-state index contributed by atoms with van der Waals surface area (Å²) in [6, 6.07) is 0. The molecule has 0 radical (unpaired) electrons. The van der Waals surface area contributed by atoms with Gasteiger partial charge in [0.1, 0.15) is 0 Å². The minimum atomic E-state index is 0.0221. The molecule has 52 valence electrons. The first-order chi connectivity index (χ1) is 4.20. The molecule has 0 saturated carbocycles. The predicted molar refractivity (Wildman–Crippen MR) is 43.6 cm³/mol. The summed E-state index contributed by atoms with van der Waals surface area (Å²) in [6.45, 7) is 3.93. The van der Waals surface area contributed by atoms with Crippen molar-refractivity contribution in [1.82, 2.24) is 0 Å². The van der Waals surface area contributed by atoms with Gasteiger partial charge in [-0.25, -0.2) is 0 Å². The topological polar surface area (TPSA) is 20.2 Å². The molecular formula is C7H12OS. The Balaban J connectivity index is 3.95. The molecule has 0 saturated heterocycles. The minimum Gasteiger partial charge on any atom is -0.391 e. The van der Waals surface area contributed by atoms with Crippen molar-refractivity contribution in [2.24, 2.45) is 0 Å². The molecule has 0 unspecified atom stereocenters. The highest BCUT2D eigenvalue weighted by atomic mass is 32.1. The SMILES string of the molecule is CC=C(C)/C=C(\S)CO. The summed E-state index contributed by atoms with van der Waals surface area (Å²) in [6.07, 6.45) is 3.80. The maximum Gasteiger partial charge on any atom is 0.0738 e. The molecule has 1 nitrogen and oxygen atoms in total. The highest BCUT2D eigenvalue weighted by Gasteiger charge is 1.84. The number of hydrogen-bond acceptors (Lipinski definition) is 2. The smallest absolute Gasteiger partial charge is 0.0738 e. The zero-order valence-corrected chi connectivity index (χ0v) is 6.65. The summed E-state index contributed by atoms with van der Waals surface area (Å²) >= 11 is 3.99. The molecule has 0 aliphatic carbocycles. The van der Waals surface area contributed by atoms with Crippen LogP contribution in [0.5, 0.6) is 0 Å². The van der Waals surface area contributed by atoms with Crippen molar-refractivity contribution in [3.05, 3.63) is 22.6 Å². The van der Waals surface area contributed by atoms with E-state index in [2.05, 4.69) is 12.6 Å². The third kappa shape index (κ3) is 4.30. The second kappa shape index (κ2) is 4.65. The van der Waals surface area contributed by atoms with E-state index in [1.54, 1.807) is 0 Å². The molecule has 0 aromatic rings. The van der Waals surface area contributed by atoms with Gasteiger partial charge in [-0.1, -0.05) is 11.6 Å². The zero-order chi connectivity index (χ0) is 7.28. The molecular weight excluding hydrogens is 132 g/mol. The summed E-state index contributed by atoms with van der Waals surface area (Å²) in [5.74, 6) is 0. The normalized spacial score (nSPS) is 14.2. The van der Waals surface area contributed by atoms with Crippen molar-refractivity contribution in [3.8, 4) is 0 Å². The summed E-state index contributed by atoms with van der Waals surface area (Å²) in [7, 11) is 0. The fraction of sp³-hybridized carbons (Fsp3) is 0.429. The average molecular weight is 144 g/mol. The van der Waals surface area contributed by atoms with Crippen LogP contribution in [0.4, 0.5) is 0 Å². The molecule has 0 atom stereocenters. The van der Waals surface area contributed by atoms with Crippen LogP contribution >= 0.6 is 12.6 Å². The lowest BCUT2D eigenvalue weighted by Gasteiger charge is -1.92. The zero-order valence-electron chi connectivity index (χ0n) is 5.76. The maximum absolute atomic E-state index is 8.51. The van der Waals surface area contributed by atoms with Gasteiger partial charge in [0.2, 0.25) is 0 Å². The molecule has 0 amide bonds. The fourth-order valence-corrected chi connectivity index (χ4v) is 0.595. The maximum atomic E-state index is 8.51. The molecule has 0 aromatic heterocycles. The molecule has 9 heavy (non-hydrogen) atoms. The Bertz CT molecular complexity index is 136. The van der Waals surface area contributed by atoms with E-state index in [4.69, 9.17) is 5.11 Å². The van der Waals surface area contributed by atoms with Crippen LogP contribution in [0, 0.1) is 0 Å². The van der Waals surface area contributed by atoms with Crippen LogP contribution in [0.25, 0.3) is 0 Å². The van der Waals surface area contributed by atoms with Gasteiger partial charge in [-0.05, 0) is 19.9 Å². The van der Waals surface area contributed by atoms with Gasteiger partial charge in [-0.3, -0.25) is 0 Å². The standard InChI is InChI=1S/C7H12OS/c1-3-6(2)4-7(9)5-8/h3-4,8-9H,5H2,1-2H3/b6-3?,7-4-. The third-order valence-corrected chi connectivity index (χ3v) is 1.28. The number of aliphatic hydroxyl groups is 1. The van der Waals surface area contributed by atoms with Crippen LogP contribution in [-0.4, -0.2) is 11.7 Å². The number of thiol groups is 1. The Hall–Kier alpha value is -0.210. The molecule has 0 aromatic carbocycles. The van der Waals surface area contributed by atoms with Crippen LogP contribution in [-0.2, 0) is 0 Å². The van der Waals surface area contributed by atoms with Crippen LogP contribution in [0.2, 0.25) is 0 Å². The van der Waals surface area contributed by atoms with E-state index in [1.165, 1.54) is 0 Å². The van der Waals surface area contributed by atoms with Crippen molar-refractivity contribution in [3.63, 3.8) is 0 Å².